The van der Waals surface area contributed by atoms with E-state index >= 15 is 0 Å². The van der Waals surface area contributed by atoms with Gasteiger partial charge in [-0.1, -0.05) is 30.3 Å². The number of nitrogens with zero attached hydrogens (tertiary/aromatic N) is 1. The van der Waals surface area contributed by atoms with E-state index in [0.29, 0.717) is 17.5 Å². The van der Waals surface area contributed by atoms with Crippen LogP contribution >= 0.6 is 0 Å². The molecule has 0 aromatic heterocycles. The highest BCUT2D eigenvalue weighted by Crippen LogP contribution is 2.52. The minimum Gasteiger partial charge on any atom is -0.335 e. The number of benzene rings is 2. The van der Waals surface area contributed by atoms with E-state index in [2.05, 4.69) is 0 Å². The molecule has 0 bridgehead atoms. The van der Waals surface area contributed by atoms with Gasteiger partial charge in [-0.15, -0.1) is 0 Å². The molecule has 7 heteroatoms. The van der Waals surface area contributed by atoms with Crippen LogP contribution in [0.3, 0.4) is 0 Å². The lowest BCUT2D eigenvalue weighted by molar-refractivity contribution is -0.133. The fourth-order valence-electron chi connectivity index (χ4n) is 3.82. The average molecular weight is 378 g/mol. The largest absolute Gasteiger partial charge is 0.335 e. The van der Waals surface area contributed by atoms with Gasteiger partial charge in [0.05, 0.1) is 18.2 Å². The van der Waals surface area contributed by atoms with Crippen molar-refractivity contribution in [1.82, 2.24) is 4.90 Å². The van der Waals surface area contributed by atoms with Gasteiger partial charge in [0, 0.05) is 12.5 Å². The lowest BCUT2D eigenvalue weighted by Gasteiger charge is -2.16. The Kier molecular flexibility index (Phi) is 4.22. The zero-order valence-corrected chi connectivity index (χ0v) is 14.3. The van der Waals surface area contributed by atoms with E-state index < -0.39 is 36.1 Å². The number of nitrogens with two attached hydrogens (primary N) is 1. The van der Waals surface area contributed by atoms with Crippen molar-refractivity contribution in [2.24, 2.45) is 11.7 Å². The van der Waals surface area contributed by atoms with Gasteiger partial charge in [-0.25, -0.2) is 17.6 Å². The first kappa shape index (κ1) is 18.0. The molecule has 4 rings (SSSR count). The SMILES string of the molecule is NC1CN(C(=O)C2CC2c2ccccc2-c2c(F)cccc2F)CC1(F)F. The van der Waals surface area contributed by atoms with Crippen LogP contribution in [0, 0.1) is 17.6 Å². The Labute approximate surface area is 153 Å². The summed E-state index contributed by atoms with van der Waals surface area (Å²) in [6.45, 7) is -0.863. The fourth-order valence-corrected chi connectivity index (χ4v) is 3.82. The second-order valence-electron chi connectivity index (χ2n) is 7.22. The van der Waals surface area contributed by atoms with Gasteiger partial charge in [-0.3, -0.25) is 4.79 Å². The summed E-state index contributed by atoms with van der Waals surface area (Å²) in [5.74, 6) is -5.56. The normalized spacial score (nSPS) is 26.3. The number of amides is 1. The average Bonchev–Trinajstić information content (AvgIpc) is 3.35. The van der Waals surface area contributed by atoms with Crippen molar-refractivity contribution in [3.63, 3.8) is 0 Å². The van der Waals surface area contributed by atoms with E-state index in [-0.39, 0.29) is 23.9 Å². The minimum atomic E-state index is -3.09. The first-order chi connectivity index (χ1) is 12.8. The summed E-state index contributed by atoms with van der Waals surface area (Å²) in [5, 5.41) is 0. The highest BCUT2D eigenvalue weighted by Gasteiger charge is 2.53. The van der Waals surface area contributed by atoms with Crippen molar-refractivity contribution >= 4 is 5.91 Å². The highest BCUT2D eigenvalue weighted by molar-refractivity contribution is 5.84. The maximum atomic E-state index is 14.2. The van der Waals surface area contributed by atoms with Crippen LogP contribution in [0.2, 0.25) is 0 Å². The number of carbonyl (C=O) groups is 1. The smallest absolute Gasteiger partial charge is 0.281 e. The van der Waals surface area contributed by atoms with Gasteiger partial charge in [-0.05, 0) is 35.6 Å². The first-order valence-corrected chi connectivity index (χ1v) is 8.75. The number of alkyl halides is 2. The van der Waals surface area contributed by atoms with Crippen LogP contribution in [-0.4, -0.2) is 35.9 Å². The number of carbonyl (C=O) groups excluding carboxylic acids is 1. The minimum absolute atomic E-state index is 0.138. The highest BCUT2D eigenvalue weighted by atomic mass is 19.3. The van der Waals surface area contributed by atoms with Crippen LogP contribution in [-0.2, 0) is 4.79 Å². The van der Waals surface area contributed by atoms with Crippen LogP contribution in [0.15, 0.2) is 42.5 Å². The van der Waals surface area contributed by atoms with Gasteiger partial charge >= 0.3 is 0 Å². The molecule has 2 aromatic rings. The summed E-state index contributed by atoms with van der Waals surface area (Å²) in [6.07, 6.45) is 0.462. The number of halogens is 4. The van der Waals surface area contributed by atoms with Crippen molar-refractivity contribution in [3.8, 4) is 11.1 Å². The van der Waals surface area contributed by atoms with Crippen molar-refractivity contribution in [2.45, 2.75) is 24.3 Å². The van der Waals surface area contributed by atoms with Crippen LogP contribution in [0.5, 0.6) is 0 Å². The molecule has 1 saturated carbocycles. The molecular formula is C20H18F4N2O. The molecule has 1 heterocycles. The molecule has 0 radical (unpaired) electrons. The molecule has 2 fully saturated rings. The quantitative estimate of drug-likeness (QED) is 0.831. The summed E-state index contributed by atoms with van der Waals surface area (Å²) >= 11 is 0. The topological polar surface area (TPSA) is 46.3 Å². The van der Waals surface area contributed by atoms with Gasteiger partial charge in [0.25, 0.3) is 5.92 Å². The Morgan fingerprint density at radius 2 is 1.74 bits per heavy atom. The van der Waals surface area contributed by atoms with Gasteiger partial charge in [0.2, 0.25) is 5.91 Å². The summed E-state index contributed by atoms with van der Waals surface area (Å²) in [6, 6.07) is 9.02. The standard InChI is InChI=1S/C20H18F4N2O/c21-15-6-3-7-16(22)18(15)12-5-2-1-4-11(12)13-8-14(13)19(27)26-9-17(25)20(23,24)10-26/h1-7,13-14,17H,8-10,25H2. The third kappa shape index (κ3) is 3.10. The molecule has 1 saturated heterocycles. The molecule has 1 amide bonds. The predicted molar refractivity (Wildman–Crippen MR) is 92.1 cm³/mol. The van der Waals surface area contributed by atoms with Gasteiger partial charge in [0.15, 0.2) is 0 Å². The second-order valence-corrected chi connectivity index (χ2v) is 7.22. The van der Waals surface area contributed by atoms with Crippen molar-refractivity contribution in [3.05, 3.63) is 59.7 Å². The third-order valence-corrected chi connectivity index (χ3v) is 5.37. The van der Waals surface area contributed by atoms with E-state index in [1.807, 2.05) is 0 Å². The monoisotopic (exact) mass is 378 g/mol. The Balaban J connectivity index is 1.60. The molecular weight excluding hydrogens is 360 g/mol. The van der Waals surface area contributed by atoms with Crippen LogP contribution in [0.25, 0.3) is 11.1 Å². The van der Waals surface area contributed by atoms with E-state index in [0.717, 1.165) is 4.90 Å². The summed E-state index contributed by atoms with van der Waals surface area (Å²) < 4.78 is 55.7. The molecule has 1 aliphatic heterocycles. The molecule has 3 unspecified atom stereocenters. The molecule has 27 heavy (non-hydrogen) atoms. The van der Waals surface area contributed by atoms with Gasteiger partial charge in [0.1, 0.15) is 11.6 Å². The van der Waals surface area contributed by atoms with Crippen LogP contribution < -0.4 is 5.73 Å². The number of likely N-dealkylation sites (tertiary alicyclic amines) is 1. The molecule has 2 aromatic carbocycles. The molecule has 3 atom stereocenters. The lowest BCUT2D eigenvalue weighted by Crippen LogP contribution is -2.38. The molecule has 0 spiro atoms. The summed E-state index contributed by atoms with van der Waals surface area (Å²) in [5.41, 5.74) is 6.31. The van der Waals surface area contributed by atoms with E-state index in [1.54, 1.807) is 24.3 Å². The van der Waals surface area contributed by atoms with Gasteiger partial charge < -0.3 is 10.6 Å². The van der Waals surface area contributed by atoms with E-state index in [4.69, 9.17) is 5.73 Å². The zero-order valence-electron chi connectivity index (χ0n) is 14.3. The number of rotatable bonds is 3. The van der Waals surface area contributed by atoms with Crippen molar-refractivity contribution in [2.75, 3.05) is 13.1 Å². The first-order valence-electron chi connectivity index (χ1n) is 8.75. The zero-order chi connectivity index (χ0) is 19.3. The van der Waals surface area contributed by atoms with E-state index in [9.17, 15) is 22.4 Å². The predicted octanol–water partition coefficient (Wildman–Crippen LogP) is 3.54. The van der Waals surface area contributed by atoms with Crippen molar-refractivity contribution in [1.29, 1.82) is 0 Å². The summed E-state index contributed by atoms with van der Waals surface area (Å²) in [7, 11) is 0. The molecule has 3 nitrogen and oxygen atoms in total. The summed E-state index contributed by atoms with van der Waals surface area (Å²) in [4.78, 5) is 13.7. The van der Waals surface area contributed by atoms with Crippen molar-refractivity contribution < 1.29 is 22.4 Å². The lowest BCUT2D eigenvalue weighted by atomic mass is 9.95. The molecule has 2 aliphatic rings. The third-order valence-electron chi connectivity index (χ3n) is 5.37. The molecule has 2 N–H and O–H groups in total. The Hall–Kier alpha value is -2.41. The van der Waals surface area contributed by atoms with Crippen LogP contribution in [0.1, 0.15) is 17.9 Å². The Bertz CT molecular complexity index is 881. The maximum Gasteiger partial charge on any atom is 0.281 e. The second kappa shape index (κ2) is 6.34. The Morgan fingerprint density at radius 1 is 1.07 bits per heavy atom. The van der Waals surface area contributed by atoms with Crippen LogP contribution in [0.4, 0.5) is 17.6 Å². The van der Waals surface area contributed by atoms with Gasteiger partial charge in [-0.2, -0.15) is 0 Å². The van der Waals surface area contributed by atoms with E-state index in [1.165, 1.54) is 18.2 Å². The molecule has 1 aliphatic carbocycles. The fraction of sp³-hybridized carbons (Fsp3) is 0.350. The maximum absolute atomic E-state index is 14.2. The molecule has 142 valence electrons. The number of hydrogen-bond donors (Lipinski definition) is 1. The Morgan fingerprint density at radius 3 is 2.37 bits per heavy atom. The number of hydrogen-bond acceptors (Lipinski definition) is 2.